The molecule has 0 amide bonds. The molecule has 3 N–H and O–H groups in total. The van der Waals surface area contributed by atoms with Gasteiger partial charge in [0, 0.05) is 5.02 Å². The maximum Gasteiger partial charge on any atom is 0.0828 e. The fraction of sp³-hybridized carbons (Fsp3) is 0.400. The summed E-state index contributed by atoms with van der Waals surface area (Å²) in [6, 6.07) is 7.22. The second kappa shape index (κ2) is 4.61. The van der Waals surface area contributed by atoms with E-state index in [2.05, 4.69) is 0 Å². The predicted molar refractivity (Wildman–Crippen MR) is 54.6 cm³/mol. The molecule has 0 aromatic heterocycles. The van der Waals surface area contributed by atoms with Crippen LogP contribution < -0.4 is 5.73 Å². The fourth-order valence-electron chi connectivity index (χ4n) is 1.15. The number of aliphatic hydroxyl groups excluding tert-OH is 1. The lowest BCUT2D eigenvalue weighted by Crippen LogP contribution is -2.18. The first-order chi connectivity index (χ1) is 6.15. The number of nitrogens with two attached hydrogens (primary N) is 1. The molecule has 0 bridgehead atoms. The predicted octanol–water partition coefficient (Wildman–Crippen LogP) is 1.97. The van der Waals surface area contributed by atoms with E-state index in [0.29, 0.717) is 11.6 Å². The van der Waals surface area contributed by atoms with Crippen LogP contribution in [0.1, 0.15) is 18.6 Å². The maximum absolute atomic E-state index is 9.77. The van der Waals surface area contributed by atoms with Crippen molar-refractivity contribution in [3.05, 3.63) is 34.9 Å². The molecule has 1 aromatic rings. The number of hydrogen-bond acceptors (Lipinski definition) is 2. The molecule has 0 saturated carbocycles. The van der Waals surface area contributed by atoms with Gasteiger partial charge in [-0.25, -0.2) is 0 Å². The van der Waals surface area contributed by atoms with E-state index in [4.69, 9.17) is 17.3 Å². The van der Waals surface area contributed by atoms with E-state index >= 15 is 0 Å². The molecule has 0 heterocycles. The van der Waals surface area contributed by atoms with Crippen LogP contribution in [0, 0.1) is 5.92 Å². The van der Waals surface area contributed by atoms with Gasteiger partial charge in [0.1, 0.15) is 0 Å². The van der Waals surface area contributed by atoms with Gasteiger partial charge in [-0.1, -0.05) is 30.7 Å². The van der Waals surface area contributed by atoms with E-state index in [1.54, 1.807) is 12.1 Å². The molecule has 0 aliphatic rings. The van der Waals surface area contributed by atoms with Crippen molar-refractivity contribution < 1.29 is 5.11 Å². The maximum atomic E-state index is 9.77. The zero-order chi connectivity index (χ0) is 9.84. The summed E-state index contributed by atoms with van der Waals surface area (Å²) >= 11 is 5.79. The molecule has 1 aromatic carbocycles. The molecule has 0 fully saturated rings. The standard InChI is InChI=1S/C10H14ClNO/c1-7(6-12)10(13)8-3-2-4-9(11)5-8/h2-5,7,10,13H,6,12H2,1H3. The molecule has 0 aliphatic heterocycles. The third kappa shape index (κ3) is 2.69. The smallest absolute Gasteiger partial charge is 0.0828 e. The van der Waals surface area contributed by atoms with Gasteiger partial charge in [0.15, 0.2) is 0 Å². The highest BCUT2D eigenvalue weighted by atomic mass is 35.5. The molecule has 2 nitrogen and oxygen atoms in total. The average Bonchev–Trinajstić information content (AvgIpc) is 2.15. The van der Waals surface area contributed by atoms with Crippen LogP contribution in [-0.4, -0.2) is 11.7 Å². The van der Waals surface area contributed by atoms with Crippen LogP contribution in [0.4, 0.5) is 0 Å². The minimum atomic E-state index is -0.524. The molecule has 72 valence electrons. The first-order valence-electron chi connectivity index (χ1n) is 4.28. The molecule has 0 radical (unpaired) electrons. The third-order valence-electron chi connectivity index (χ3n) is 2.10. The Labute approximate surface area is 83.3 Å². The van der Waals surface area contributed by atoms with Crippen LogP contribution in [0.5, 0.6) is 0 Å². The summed E-state index contributed by atoms with van der Waals surface area (Å²) in [5, 5.41) is 10.4. The van der Waals surface area contributed by atoms with Gasteiger partial charge in [-0.2, -0.15) is 0 Å². The SMILES string of the molecule is CC(CN)C(O)c1cccc(Cl)c1. The third-order valence-corrected chi connectivity index (χ3v) is 2.34. The summed E-state index contributed by atoms with van der Waals surface area (Å²) in [6.07, 6.45) is -0.524. The van der Waals surface area contributed by atoms with Gasteiger partial charge in [0.25, 0.3) is 0 Å². The molecule has 2 atom stereocenters. The second-order valence-electron chi connectivity index (χ2n) is 3.21. The van der Waals surface area contributed by atoms with Gasteiger partial charge in [-0.3, -0.25) is 0 Å². The Kier molecular flexibility index (Phi) is 3.72. The topological polar surface area (TPSA) is 46.2 Å². The Morgan fingerprint density at radius 3 is 2.77 bits per heavy atom. The monoisotopic (exact) mass is 199 g/mol. The van der Waals surface area contributed by atoms with E-state index in [-0.39, 0.29) is 5.92 Å². The quantitative estimate of drug-likeness (QED) is 0.782. The van der Waals surface area contributed by atoms with Crippen LogP contribution in [-0.2, 0) is 0 Å². The molecule has 0 spiro atoms. The summed E-state index contributed by atoms with van der Waals surface area (Å²) in [6.45, 7) is 2.37. The molecular formula is C10H14ClNO. The first-order valence-corrected chi connectivity index (χ1v) is 4.66. The number of aliphatic hydroxyl groups is 1. The fourth-order valence-corrected chi connectivity index (χ4v) is 1.35. The summed E-state index contributed by atoms with van der Waals surface area (Å²) in [5.41, 5.74) is 6.28. The normalized spacial score (nSPS) is 15.4. The lowest BCUT2D eigenvalue weighted by molar-refractivity contribution is 0.122. The minimum Gasteiger partial charge on any atom is -0.388 e. The summed E-state index contributed by atoms with van der Waals surface area (Å²) < 4.78 is 0. The van der Waals surface area contributed by atoms with Crippen molar-refractivity contribution in [2.75, 3.05) is 6.54 Å². The van der Waals surface area contributed by atoms with Crippen molar-refractivity contribution in [2.24, 2.45) is 11.7 Å². The average molecular weight is 200 g/mol. The first kappa shape index (κ1) is 10.5. The van der Waals surface area contributed by atoms with E-state index in [9.17, 15) is 5.11 Å². The summed E-state index contributed by atoms with van der Waals surface area (Å²) in [4.78, 5) is 0. The molecule has 2 unspecified atom stereocenters. The summed E-state index contributed by atoms with van der Waals surface area (Å²) in [7, 11) is 0. The lowest BCUT2D eigenvalue weighted by atomic mass is 9.98. The van der Waals surface area contributed by atoms with Crippen LogP contribution in [0.25, 0.3) is 0 Å². The minimum absolute atomic E-state index is 0.0541. The van der Waals surface area contributed by atoms with Crippen molar-refractivity contribution in [1.82, 2.24) is 0 Å². The van der Waals surface area contributed by atoms with Crippen LogP contribution in [0.15, 0.2) is 24.3 Å². The highest BCUT2D eigenvalue weighted by molar-refractivity contribution is 6.30. The zero-order valence-corrected chi connectivity index (χ0v) is 8.33. The van der Waals surface area contributed by atoms with E-state index in [0.717, 1.165) is 5.56 Å². The Hall–Kier alpha value is -0.570. The van der Waals surface area contributed by atoms with Crippen molar-refractivity contribution in [2.45, 2.75) is 13.0 Å². The largest absolute Gasteiger partial charge is 0.388 e. The number of halogens is 1. The molecule has 0 saturated heterocycles. The van der Waals surface area contributed by atoms with Crippen molar-refractivity contribution in [1.29, 1.82) is 0 Å². The Morgan fingerprint density at radius 1 is 1.54 bits per heavy atom. The van der Waals surface area contributed by atoms with Gasteiger partial charge >= 0.3 is 0 Å². The molecular weight excluding hydrogens is 186 g/mol. The van der Waals surface area contributed by atoms with E-state index < -0.39 is 6.10 Å². The highest BCUT2D eigenvalue weighted by Crippen LogP contribution is 2.23. The van der Waals surface area contributed by atoms with Crippen LogP contribution in [0.2, 0.25) is 5.02 Å². The lowest BCUT2D eigenvalue weighted by Gasteiger charge is -2.17. The van der Waals surface area contributed by atoms with Crippen molar-refractivity contribution in [3.8, 4) is 0 Å². The van der Waals surface area contributed by atoms with E-state index in [1.165, 1.54) is 0 Å². The summed E-state index contributed by atoms with van der Waals surface area (Å²) in [5.74, 6) is 0.0541. The van der Waals surface area contributed by atoms with Gasteiger partial charge in [0.05, 0.1) is 6.10 Å². The number of hydrogen-bond donors (Lipinski definition) is 2. The molecule has 0 aliphatic carbocycles. The van der Waals surface area contributed by atoms with Crippen molar-refractivity contribution in [3.63, 3.8) is 0 Å². The zero-order valence-electron chi connectivity index (χ0n) is 7.57. The van der Waals surface area contributed by atoms with Crippen LogP contribution in [0.3, 0.4) is 0 Å². The molecule has 1 rings (SSSR count). The van der Waals surface area contributed by atoms with Gasteiger partial charge in [-0.15, -0.1) is 0 Å². The number of benzene rings is 1. The Morgan fingerprint density at radius 2 is 2.23 bits per heavy atom. The Balaban J connectivity index is 2.82. The van der Waals surface area contributed by atoms with Crippen LogP contribution >= 0.6 is 11.6 Å². The van der Waals surface area contributed by atoms with Gasteiger partial charge in [-0.05, 0) is 30.2 Å². The number of rotatable bonds is 3. The molecule has 3 heteroatoms. The van der Waals surface area contributed by atoms with Gasteiger partial charge in [0.2, 0.25) is 0 Å². The van der Waals surface area contributed by atoms with Gasteiger partial charge < -0.3 is 10.8 Å². The highest BCUT2D eigenvalue weighted by Gasteiger charge is 2.14. The Bertz CT molecular complexity index is 277. The second-order valence-corrected chi connectivity index (χ2v) is 3.65. The van der Waals surface area contributed by atoms with E-state index in [1.807, 2.05) is 19.1 Å². The van der Waals surface area contributed by atoms with Crippen molar-refractivity contribution >= 4 is 11.6 Å². The molecule has 13 heavy (non-hydrogen) atoms.